The van der Waals surface area contributed by atoms with Crippen LogP contribution in [0.5, 0.6) is 5.75 Å². The molecule has 0 atom stereocenters. The fraction of sp³-hybridized carbons (Fsp3) is 0.360. The normalized spacial score (nSPS) is 13.9. The molecule has 0 aliphatic carbocycles. The van der Waals surface area contributed by atoms with Crippen molar-refractivity contribution in [2.45, 2.75) is 25.2 Å². The Balaban J connectivity index is 1.60. The fourth-order valence-corrected chi connectivity index (χ4v) is 5.53. The first kappa shape index (κ1) is 26.0. The lowest BCUT2D eigenvalue weighted by atomic mass is 10.2. The molecule has 11 heteroatoms. The highest BCUT2D eigenvalue weighted by Gasteiger charge is 2.19. The van der Waals surface area contributed by atoms with Crippen molar-refractivity contribution < 1.29 is 17.9 Å². The summed E-state index contributed by atoms with van der Waals surface area (Å²) in [6.07, 6.45) is 1.98. The predicted octanol–water partition coefficient (Wildman–Crippen LogP) is 5.04. The Labute approximate surface area is 216 Å². The molecule has 0 saturated carbocycles. The molecule has 0 unspecified atom stereocenters. The van der Waals surface area contributed by atoms with Crippen molar-refractivity contribution >= 4 is 50.3 Å². The number of hydrogen-bond acceptors (Lipinski definition) is 9. The Kier molecular flexibility index (Phi) is 8.50. The number of hydrogen-bond donors (Lipinski definition) is 2. The van der Waals surface area contributed by atoms with Crippen molar-refractivity contribution in [2.75, 3.05) is 54.2 Å². The molecule has 1 aliphatic rings. The lowest BCUT2D eigenvalue weighted by molar-refractivity contribution is 0.122. The van der Waals surface area contributed by atoms with Crippen molar-refractivity contribution in [1.82, 2.24) is 9.97 Å². The summed E-state index contributed by atoms with van der Waals surface area (Å²) in [4.78, 5) is 11.3. The average molecular weight is 532 g/mol. The molecule has 1 saturated heterocycles. The Hall–Kier alpha value is -3.08. The Bertz CT molecular complexity index is 1300. The van der Waals surface area contributed by atoms with Gasteiger partial charge in [-0.25, -0.2) is 13.4 Å². The summed E-state index contributed by atoms with van der Waals surface area (Å²) in [5.41, 5.74) is 2.16. The van der Waals surface area contributed by atoms with E-state index in [1.54, 1.807) is 24.3 Å². The molecule has 2 aromatic carbocycles. The van der Waals surface area contributed by atoms with Gasteiger partial charge in [0.05, 0.1) is 48.0 Å². The largest absolute Gasteiger partial charge is 0.492 e. The average Bonchev–Trinajstić information content (AvgIpc) is 2.88. The molecule has 36 heavy (non-hydrogen) atoms. The number of morpholine rings is 1. The molecule has 2 N–H and O–H groups in total. The summed E-state index contributed by atoms with van der Waals surface area (Å²) in [6, 6.07) is 12.6. The molecule has 9 nitrogen and oxygen atoms in total. The van der Waals surface area contributed by atoms with Gasteiger partial charge in [-0.3, -0.25) is 0 Å². The van der Waals surface area contributed by atoms with Crippen LogP contribution in [0.25, 0.3) is 0 Å². The molecular weight excluding hydrogens is 502 g/mol. The van der Waals surface area contributed by atoms with Crippen LogP contribution in [0.1, 0.15) is 20.3 Å². The third-order valence-electron chi connectivity index (χ3n) is 5.58. The van der Waals surface area contributed by atoms with Gasteiger partial charge in [0, 0.05) is 24.8 Å². The van der Waals surface area contributed by atoms with Crippen LogP contribution in [0.4, 0.5) is 28.8 Å². The number of nitrogens with zero attached hydrogens (tertiary/aromatic N) is 3. The second kappa shape index (κ2) is 11.8. The van der Waals surface area contributed by atoms with Crippen LogP contribution in [0, 0.1) is 0 Å². The van der Waals surface area contributed by atoms with Crippen molar-refractivity contribution in [3.05, 3.63) is 53.7 Å². The van der Waals surface area contributed by atoms with Crippen molar-refractivity contribution in [1.29, 1.82) is 0 Å². The molecule has 1 aromatic heterocycles. The highest BCUT2D eigenvalue weighted by atomic mass is 35.5. The topological polar surface area (TPSA) is 106 Å². The van der Waals surface area contributed by atoms with Crippen molar-refractivity contribution in [3.8, 4) is 5.75 Å². The summed E-state index contributed by atoms with van der Waals surface area (Å²) in [5, 5.41) is 6.53. The second-order valence-electron chi connectivity index (χ2n) is 8.17. The zero-order valence-corrected chi connectivity index (χ0v) is 21.9. The third kappa shape index (κ3) is 6.18. The molecule has 3 aromatic rings. The second-order valence-corrected chi connectivity index (χ2v) is 10.7. The van der Waals surface area contributed by atoms with Crippen LogP contribution in [-0.2, 0) is 14.6 Å². The Morgan fingerprint density at radius 3 is 2.61 bits per heavy atom. The first-order valence-electron chi connectivity index (χ1n) is 11.9. The number of sulfone groups is 1. The Morgan fingerprint density at radius 1 is 1.08 bits per heavy atom. The van der Waals surface area contributed by atoms with Gasteiger partial charge >= 0.3 is 0 Å². The van der Waals surface area contributed by atoms with Crippen LogP contribution in [0.15, 0.2) is 53.6 Å². The van der Waals surface area contributed by atoms with Gasteiger partial charge in [0.1, 0.15) is 10.8 Å². The first-order chi connectivity index (χ1) is 17.4. The smallest absolute Gasteiger partial charge is 0.229 e. The summed E-state index contributed by atoms with van der Waals surface area (Å²) in [7, 11) is -3.45. The number of para-hydroxylation sites is 1. The zero-order chi connectivity index (χ0) is 25.5. The van der Waals surface area contributed by atoms with E-state index in [1.807, 2.05) is 32.0 Å². The Morgan fingerprint density at radius 2 is 1.86 bits per heavy atom. The van der Waals surface area contributed by atoms with E-state index in [9.17, 15) is 8.42 Å². The number of anilines is 5. The van der Waals surface area contributed by atoms with Gasteiger partial charge in [-0.15, -0.1) is 0 Å². The molecule has 1 fully saturated rings. The monoisotopic (exact) mass is 531 g/mol. The van der Waals surface area contributed by atoms with E-state index in [-0.39, 0.29) is 27.4 Å². The first-order valence-corrected chi connectivity index (χ1v) is 13.9. The molecule has 4 rings (SSSR count). The van der Waals surface area contributed by atoms with Crippen LogP contribution in [-0.4, -0.2) is 57.0 Å². The van der Waals surface area contributed by atoms with Crippen LogP contribution in [0.3, 0.4) is 0 Å². The van der Waals surface area contributed by atoms with Gasteiger partial charge in [0.15, 0.2) is 15.7 Å². The minimum atomic E-state index is -3.45. The van der Waals surface area contributed by atoms with E-state index < -0.39 is 9.84 Å². The number of benzene rings is 2. The fourth-order valence-electron chi connectivity index (χ4n) is 3.89. The van der Waals surface area contributed by atoms with E-state index in [4.69, 9.17) is 21.1 Å². The number of aromatic nitrogens is 2. The minimum Gasteiger partial charge on any atom is -0.492 e. The molecule has 2 heterocycles. The van der Waals surface area contributed by atoms with E-state index >= 15 is 0 Å². The molecule has 1 aliphatic heterocycles. The van der Waals surface area contributed by atoms with E-state index in [0.29, 0.717) is 43.4 Å². The standard InChI is InChI=1S/C25H30ClN5O4S/c1-3-15-36(32,33)23-8-6-5-7-21(23)28-24-19(26)17-27-25(30-24)29-20-10-9-18(16-22(20)35-4-2)31-11-13-34-14-12-31/h5-10,16-17H,3-4,11-15H2,1-2H3,(H2,27,28,29,30). The predicted molar refractivity (Wildman–Crippen MR) is 143 cm³/mol. The van der Waals surface area contributed by atoms with Crippen LogP contribution in [0.2, 0.25) is 5.02 Å². The summed E-state index contributed by atoms with van der Waals surface area (Å²) in [5.74, 6) is 1.30. The number of ether oxygens (including phenoxy) is 2. The molecule has 0 spiro atoms. The van der Waals surface area contributed by atoms with E-state index in [0.717, 1.165) is 18.8 Å². The maximum atomic E-state index is 12.7. The maximum Gasteiger partial charge on any atom is 0.229 e. The summed E-state index contributed by atoms with van der Waals surface area (Å²) in [6.45, 7) is 7.29. The minimum absolute atomic E-state index is 0.0522. The summed E-state index contributed by atoms with van der Waals surface area (Å²) >= 11 is 6.36. The van der Waals surface area contributed by atoms with Gasteiger partial charge in [0.25, 0.3) is 0 Å². The number of nitrogens with one attached hydrogen (secondary N) is 2. The quantitative estimate of drug-likeness (QED) is 0.372. The van der Waals surface area contributed by atoms with Crippen molar-refractivity contribution in [2.24, 2.45) is 0 Å². The van der Waals surface area contributed by atoms with Gasteiger partial charge in [-0.2, -0.15) is 4.98 Å². The van der Waals surface area contributed by atoms with E-state index in [1.165, 1.54) is 6.20 Å². The zero-order valence-electron chi connectivity index (χ0n) is 20.3. The van der Waals surface area contributed by atoms with Gasteiger partial charge in [0.2, 0.25) is 5.95 Å². The van der Waals surface area contributed by atoms with Crippen molar-refractivity contribution in [3.63, 3.8) is 0 Å². The molecule has 0 amide bonds. The van der Waals surface area contributed by atoms with Gasteiger partial charge < -0.3 is 25.0 Å². The van der Waals surface area contributed by atoms with Crippen LogP contribution < -0.4 is 20.3 Å². The van der Waals surface area contributed by atoms with E-state index in [2.05, 4.69) is 25.5 Å². The van der Waals surface area contributed by atoms with Gasteiger partial charge in [-0.1, -0.05) is 30.7 Å². The van der Waals surface area contributed by atoms with Crippen LogP contribution >= 0.6 is 11.6 Å². The highest BCUT2D eigenvalue weighted by molar-refractivity contribution is 7.91. The lowest BCUT2D eigenvalue weighted by Crippen LogP contribution is -2.36. The SMILES string of the molecule is CCCS(=O)(=O)c1ccccc1Nc1nc(Nc2ccc(N3CCOCC3)cc2OCC)ncc1Cl. The lowest BCUT2D eigenvalue weighted by Gasteiger charge is -2.29. The molecule has 192 valence electrons. The number of rotatable bonds is 10. The summed E-state index contributed by atoms with van der Waals surface area (Å²) < 4.78 is 36.8. The molecular formula is C25H30ClN5O4S. The molecule has 0 radical (unpaired) electrons. The third-order valence-corrected chi connectivity index (χ3v) is 7.83. The van der Waals surface area contributed by atoms with Gasteiger partial charge in [-0.05, 0) is 37.6 Å². The highest BCUT2D eigenvalue weighted by Crippen LogP contribution is 2.34. The number of halogens is 1. The molecule has 0 bridgehead atoms. The maximum absolute atomic E-state index is 12.7.